The fourth-order valence-electron chi connectivity index (χ4n) is 3.79. The summed E-state index contributed by atoms with van der Waals surface area (Å²) >= 11 is 1.71. The summed E-state index contributed by atoms with van der Waals surface area (Å²) in [5.41, 5.74) is 1.14. The summed E-state index contributed by atoms with van der Waals surface area (Å²) in [5.74, 6) is 0.907. The summed E-state index contributed by atoms with van der Waals surface area (Å²) in [5, 5.41) is 25.4. The fourth-order valence-corrected chi connectivity index (χ4v) is 4.48. The zero-order chi connectivity index (χ0) is 20.2. The van der Waals surface area contributed by atoms with Crippen LogP contribution in [0.5, 0.6) is 0 Å². The third-order valence-corrected chi connectivity index (χ3v) is 6.17. The quantitative estimate of drug-likeness (QED) is 0.434. The number of aromatic nitrogens is 4. The van der Waals surface area contributed by atoms with E-state index < -0.39 is 0 Å². The van der Waals surface area contributed by atoms with Crippen molar-refractivity contribution in [1.29, 1.82) is 0 Å². The van der Waals surface area contributed by atoms with Gasteiger partial charge < -0.3 is 4.90 Å². The molecular weight excluding hydrogens is 390 g/mol. The van der Waals surface area contributed by atoms with Gasteiger partial charge in [0, 0.05) is 48.9 Å². The predicted molar refractivity (Wildman–Crippen MR) is 111 cm³/mol. The minimum absolute atomic E-state index is 0.121. The van der Waals surface area contributed by atoms with E-state index in [1.54, 1.807) is 23.5 Å². The van der Waals surface area contributed by atoms with Crippen LogP contribution in [0.1, 0.15) is 30.1 Å². The highest BCUT2D eigenvalue weighted by Crippen LogP contribution is 2.26. The number of anilines is 1. The molecule has 29 heavy (non-hydrogen) atoms. The SMILES string of the molecule is CC[C@H](c1nnnn1Cc1cccs1)N1CCN(c2ccc([N+](=O)[O-])cc2)CC1. The topological polar surface area (TPSA) is 93.2 Å². The van der Waals surface area contributed by atoms with Crippen molar-refractivity contribution in [2.24, 2.45) is 0 Å². The lowest BCUT2D eigenvalue weighted by Gasteiger charge is -2.39. The molecule has 2 aromatic heterocycles. The van der Waals surface area contributed by atoms with Crippen LogP contribution in [0.3, 0.4) is 0 Å². The fraction of sp³-hybridized carbons (Fsp3) is 0.421. The minimum atomic E-state index is -0.367. The molecule has 10 heteroatoms. The van der Waals surface area contributed by atoms with Gasteiger partial charge in [0.05, 0.1) is 17.5 Å². The summed E-state index contributed by atoms with van der Waals surface area (Å²) in [6, 6.07) is 11.1. The predicted octanol–water partition coefficient (Wildman–Crippen LogP) is 2.96. The average Bonchev–Trinajstić information content (AvgIpc) is 3.42. The molecule has 1 aromatic carbocycles. The Kier molecular flexibility index (Phi) is 5.81. The van der Waals surface area contributed by atoms with Crippen LogP contribution in [0, 0.1) is 10.1 Å². The van der Waals surface area contributed by atoms with E-state index in [1.807, 2.05) is 22.9 Å². The zero-order valence-electron chi connectivity index (χ0n) is 16.2. The second kappa shape index (κ2) is 8.66. The first-order valence-electron chi connectivity index (χ1n) is 9.67. The Morgan fingerprint density at radius 3 is 2.55 bits per heavy atom. The molecule has 0 saturated carbocycles. The maximum atomic E-state index is 10.8. The van der Waals surface area contributed by atoms with Gasteiger partial charge in [0.15, 0.2) is 5.82 Å². The number of piperazine rings is 1. The molecule has 0 radical (unpaired) electrons. The van der Waals surface area contributed by atoms with Gasteiger partial charge in [-0.25, -0.2) is 4.68 Å². The summed E-state index contributed by atoms with van der Waals surface area (Å²) < 4.78 is 1.91. The van der Waals surface area contributed by atoms with Gasteiger partial charge >= 0.3 is 0 Å². The maximum Gasteiger partial charge on any atom is 0.269 e. The third kappa shape index (κ3) is 4.28. The van der Waals surface area contributed by atoms with Gasteiger partial charge in [-0.05, 0) is 40.4 Å². The lowest BCUT2D eigenvalue weighted by atomic mass is 10.1. The molecule has 1 saturated heterocycles. The summed E-state index contributed by atoms with van der Waals surface area (Å²) in [7, 11) is 0. The number of rotatable bonds is 7. The highest BCUT2D eigenvalue weighted by Gasteiger charge is 2.28. The van der Waals surface area contributed by atoms with Crippen molar-refractivity contribution in [2.75, 3.05) is 31.1 Å². The molecule has 1 aliphatic rings. The van der Waals surface area contributed by atoms with E-state index in [-0.39, 0.29) is 16.7 Å². The van der Waals surface area contributed by atoms with Gasteiger partial charge in [-0.15, -0.1) is 16.4 Å². The molecule has 0 N–H and O–H groups in total. The van der Waals surface area contributed by atoms with Crippen molar-refractivity contribution < 1.29 is 4.92 Å². The molecule has 0 amide bonds. The van der Waals surface area contributed by atoms with Crippen molar-refractivity contribution in [3.05, 3.63) is 62.6 Å². The molecule has 3 aromatic rings. The van der Waals surface area contributed by atoms with Crippen molar-refractivity contribution in [1.82, 2.24) is 25.1 Å². The number of hydrogen-bond donors (Lipinski definition) is 0. The molecule has 4 rings (SSSR count). The lowest BCUT2D eigenvalue weighted by Crippen LogP contribution is -2.48. The summed E-state index contributed by atoms with van der Waals surface area (Å²) in [6.07, 6.45) is 0.933. The van der Waals surface area contributed by atoms with Gasteiger partial charge in [0.1, 0.15) is 0 Å². The minimum Gasteiger partial charge on any atom is -0.369 e. The van der Waals surface area contributed by atoms with Crippen molar-refractivity contribution in [3.8, 4) is 0 Å². The second-order valence-corrected chi connectivity index (χ2v) is 8.03. The largest absolute Gasteiger partial charge is 0.369 e. The Hall–Kier alpha value is -2.85. The number of non-ortho nitro benzene ring substituents is 1. The van der Waals surface area contributed by atoms with Gasteiger partial charge in [-0.1, -0.05) is 13.0 Å². The van der Waals surface area contributed by atoms with E-state index in [2.05, 4.69) is 43.7 Å². The Bertz CT molecular complexity index is 934. The van der Waals surface area contributed by atoms with E-state index >= 15 is 0 Å². The highest BCUT2D eigenvalue weighted by atomic mass is 32.1. The molecule has 3 heterocycles. The first kappa shape index (κ1) is 19.5. The van der Waals surface area contributed by atoms with E-state index in [9.17, 15) is 10.1 Å². The normalized spacial score (nSPS) is 16.1. The summed E-state index contributed by atoms with van der Waals surface area (Å²) in [6.45, 7) is 6.36. The Morgan fingerprint density at radius 1 is 1.17 bits per heavy atom. The highest BCUT2D eigenvalue weighted by molar-refractivity contribution is 7.09. The van der Waals surface area contributed by atoms with E-state index in [0.29, 0.717) is 6.54 Å². The van der Waals surface area contributed by atoms with Crippen LogP contribution in [0.4, 0.5) is 11.4 Å². The van der Waals surface area contributed by atoms with Crippen LogP contribution in [0.2, 0.25) is 0 Å². The number of thiophene rings is 1. The number of tetrazole rings is 1. The first-order valence-corrected chi connectivity index (χ1v) is 10.6. The molecule has 0 unspecified atom stereocenters. The van der Waals surface area contributed by atoms with E-state index in [1.165, 1.54) is 4.88 Å². The smallest absolute Gasteiger partial charge is 0.269 e. The van der Waals surface area contributed by atoms with Crippen LogP contribution in [-0.2, 0) is 6.54 Å². The average molecular weight is 414 g/mol. The van der Waals surface area contributed by atoms with Gasteiger partial charge in [-0.3, -0.25) is 15.0 Å². The number of nitro groups is 1. The van der Waals surface area contributed by atoms with E-state index in [0.717, 1.165) is 44.1 Å². The van der Waals surface area contributed by atoms with Crippen LogP contribution in [0.15, 0.2) is 41.8 Å². The van der Waals surface area contributed by atoms with Crippen LogP contribution < -0.4 is 4.90 Å². The van der Waals surface area contributed by atoms with Gasteiger partial charge in [0.25, 0.3) is 5.69 Å². The van der Waals surface area contributed by atoms with Crippen molar-refractivity contribution in [3.63, 3.8) is 0 Å². The van der Waals surface area contributed by atoms with Gasteiger partial charge in [0.2, 0.25) is 0 Å². The monoisotopic (exact) mass is 413 g/mol. The number of nitrogens with zero attached hydrogens (tertiary/aromatic N) is 7. The van der Waals surface area contributed by atoms with Crippen molar-refractivity contribution >= 4 is 22.7 Å². The number of hydrogen-bond acceptors (Lipinski definition) is 8. The second-order valence-electron chi connectivity index (χ2n) is 6.99. The Morgan fingerprint density at radius 2 is 1.93 bits per heavy atom. The Balaban J connectivity index is 1.42. The molecule has 1 aliphatic heterocycles. The first-order chi connectivity index (χ1) is 14.2. The van der Waals surface area contributed by atoms with Crippen LogP contribution in [0.25, 0.3) is 0 Å². The zero-order valence-corrected chi connectivity index (χ0v) is 17.0. The van der Waals surface area contributed by atoms with E-state index in [4.69, 9.17) is 0 Å². The summed E-state index contributed by atoms with van der Waals surface area (Å²) in [4.78, 5) is 16.4. The van der Waals surface area contributed by atoms with Gasteiger partial charge in [-0.2, -0.15) is 0 Å². The molecule has 0 spiro atoms. The standard InChI is InChI=1S/C19H23N7O2S/c1-2-18(19-20-21-22-25(19)14-17-4-3-13-29-17)24-11-9-23(10-12-24)15-5-7-16(8-6-15)26(27)28/h3-8,13,18H,2,9-12,14H2,1H3/t18-/m1/s1. The Labute approximate surface area is 172 Å². The lowest BCUT2D eigenvalue weighted by molar-refractivity contribution is -0.384. The molecule has 0 bridgehead atoms. The molecule has 1 atom stereocenters. The third-order valence-electron chi connectivity index (χ3n) is 5.31. The van der Waals surface area contributed by atoms with Crippen molar-refractivity contribution in [2.45, 2.75) is 25.9 Å². The van der Waals surface area contributed by atoms with Crippen LogP contribution >= 0.6 is 11.3 Å². The molecule has 0 aliphatic carbocycles. The maximum absolute atomic E-state index is 10.8. The molecule has 152 valence electrons. The number of benzene rings is 1. The molecule has 1 fully saturated rings. The van der Waals surface area contributed by atoms with Crippen LogP contribution in [-0.4, -0.2) is 56.2 Å². The molecular formula is C19H23N7O2S. The molecule has 9 nitrogen and oxygen atoms in total. The number of nitro benzene ring substituents is 1.